The molecular formula is C30H42N6O3S. The molecule has 1 saturated heterocycles. The number of carbonyl (C=O) groups is 1. The Morgan fingerprint density at radius 3 is 2.48 bits per heavy atom. The Labute approximate surface area is 239 Å². The molecule has 1 amide bonds. The molecule has 2 aromatic carbocycles. The topological polar surface area (TPSA) is 103 Å². The van der Waals surface area contributed by atoms with E-state index in [1.807, 2.05) is 54.6 Å². The highest BCUT2D eigenvalue weighted by atomic mass is 32.3. The number of anilines is 1. The summed E-state index contributed by atoms with van der Waals surface area (Å²) in [5.74, 6) is 1.38. The Bertz CT molecular complexity index is 1360. The van der Waals surface area contributed by atoms with Crippen molar-refractivity contribution in [3.8, 4) is 0 Å². The standard InChI is InChI=1S/C30H42N6O3S/c1-20(2)27-29(37)31-17-22-18-36(40(38,39-6)23-13-11-21(12-14-23)30(3,4)5)16-15-35(22)19-26-32-25-10-8-7-9-24(25)28(33-26)34-27/h7-14,20,22,27,38H,15-19H2,1-6H3,(H,31,37)(H,32,33,34)/t22?,27-/m0/s1. The summed E-state index contributed by atoms with van der Waals surface area (Å²) in [6, 6.07) is 15.5. The fraction of sp³-hybridized carbons (Fsp3) is 0.500. The van der Waals surface area contributed by atoms with Gasteiger partial charge in [-0.1, -0.05) is 58.9 Å². The second-order valence-electron chi connectivity index (χ2n) is 12.1. The first-order valence-corrected chi connectivity index (χ1v) is 15.5. The van der Waals surface area contributed by atoms with Crippen molar-refractivity contribution in [3.05, 3.63) is 59.9 Å². The number of piperazine rings is 1. The van der Waals surface area contributed by atoms with Crippen LogP contribution in [0.15, 0.2) is 53.4 Å². The van der Waals surface area contributed by atoms with Crippen molar-refractivity contribution in [1.82, 2.24) is 24.5 Å². The second-order valence-corrected chi connectivity index (χ2v) is 14.4. The fourth-order valence-corrected chi connectivity index (χ4v) is 7.37. The average Bonchev–Trinajstić information content (AvgIpc) is 2.95. The van der Waals surface area contributed by atoms with E-state index in [-0.39, 0.29) is 23.3 Å². The number of aromatic nitrogens is 2. The van der Waals surface area contributed by atoms with Gasteiger partial charge >= 0.3 is 0 Å². The van der Waals surface area contributed by atoms with Gasteiger partial charge in [-0.15, -0.1) is 10.8 Å². The van der Waals surface area contributed by atoms with Gasteiger partial charge in [0.1, 0.15) is 17.7 Å². The molecule has 1 fully saturated rings. The van der Waals surface area contributed by atoms with E-state index >= 15 is 0 Å². The monoisotopic (exact) mass is 566 g/mol. The van der Waals surface area contributed by atoms with Gasteiger partial charge in [-0.05, 0) is 41.2 Å². The van der Waals surface area contributed by atoms with E-state index in [4.69, 9.17) is 14.2 Å². The maximum absolute atomic E-state index is 13.4. The van der Waals surface area contributed by atoms with Crippen molar-refractivity contribution in [1.29, 1.82) is 0 Å². The fourth-order valence-electron chi connectivity index (χ4n) is 5.47. The van der Waals surface area contributed by atoms with E-state index in [1.165, 1.54) is 5.56 Å². The highest BCUT2D eigenvalue weighted by Crippen LogP contribution is 2.56. The smallest absolute Gasteiger partial charge is 0.242 e. The SMILES string of the molecule is COS(O)(c1ccc(C(C)(C)C)cc1)N1CCN2Cc3nc(c4ccccc4n3)N[C@@H](C(C)C)C(=O)NCC2C1. The molecule has 40 heavy (non-hydrogen) atoms. The van der Waals surface area contributed by atoms with Crippen molar-refractivity contribution in [2.75, 3.05) is 38.6 Å². The number of nitrogens with zero attached hydrogens (tertiary/aromatic N) is 4. The molecule has 2 aliphatic heterocycles. The van der Waals surface area contributed by atoms with Crippen LogP contribution in [0, 0.1) is 5.92 Å². The molecule has 0 saturated carbocycles. The highest BCUT2D eigenvalue weighted by Gasteiger charge is 2.37. The van der Waals surface area contributed by atoms with E-state index in [9.17, 15) is 9.35 Å². The van der Waals surface area contributed by atoms with Crippen molar-refractivity contribution in [2.45, 2.75) is 63.6 Å². The number of benzene rings is 2. The molecule has 3 atom stereocenters. The first-order valence-electron chi connectivity index (χ1n) is 14.0. The molecule has 216 valence electrons. The Balaban J connectivity index is 1.46. The predicted molar refractivity (Wildman–Crippen MR) is 161 cm³/mol. The zero-order valence-electron chi connectivity index (χ0n) is 24.3. The number of amides is 1. The number of nitrogens with one attached hydrogen (secondary N) is 2. The lowest BCUT2D eigenvalue weighted by Crippen LogP contribution is -2.57. The lowest BCUT2D eigenvalue weighted by atomic mass is 9.87. The van der Waals surface area contributed by atoms with Gasteiger partial charge in [0.05, 0.1) is 24.1 Å². The molecule has 2 bridgehead atoms. The summed E-state index contributed by atoms with van der Waals surface area (Å²) in [5, 5.41) is 7.51. The summed E-state index contributed by atoms with van der Waals surface area (Å²) < 4.78 is 19.8. The number of hydrogen-bond acceptors (Lipinski definition) is 8. The minimum absolute atomic E-state index is 0.0189. The van der Waals surface area contributed by atoms with Crippen molar-refractivity contribution >= 4 is 33.4 Å². The van der Waals surface area contributed by atoms with Crippen molar-refractivity contribution < 1.29 is 13.5 Å². The number of rotatable bonds is 4. The minimum Gasteiger partial charge on any atom is -0.358 e. The molecule has 3 N–H and O–H groups in total. The van der Waals surface area contributed by atoms with E-state index in [0.29, 0.717) is 44.4 Å². The Morgan fingerprint density at radius 1 is 1.07 bits per heavy atom. The van der Waals surface area contributed by atoms with Gasteiger partial charge in [0.25, 0.3) is 0 Å². The molecule has 10 heteroatoms. The molecule has 3 heterocycles. The van der Waals surface area contributed by atoms with Crippen LogP contribution < -0.4 is 10.6 Å². The molecule has 0 spiro atoms. The largest absolute Gasteiger partial charge is 0.358 e. The normalized spacial score (nSPS) is 23.4. The molecule has 1 aromatic heterocycles. The van der Waals surface area contributed by atoms with Gasteiger partial charge in [-0.3, -0.25) is 18.4 Å². The minimum atomic E-state index is -2.69. The number of para-hydroxylation sites is 1. The summed E-state index contributed by atoms with van der Waals surface area (Å²) in [4.78, 5) is 26.3. The number of carbonyl (C=O) groups excluding carboxylic acids is 1. The van der Waals surface area contributed by atoms with E-state index in [1.54, 1.807) is 7.11 Å². The summed E-state index contributed by atoms with van der Waals surface area (Å²) in [6.45, 7) is 13.4. The molecule has 2 unspecified atom stereocenters. The van der Waals surface area contributed by atoms with Crippen LogP contribution >= 0.6 is 10.8 Å². The highest BCUT2D eigenvalue weighted by molar-refractivity contribution is 8.23. The maximum Gasteiger partial charge on any atom is 0.242 e. The summed E-state index contributed by atoms with van der Waals surface area (Å²) in [6.07, 6.45) is 0. The quantitative estimate of drug-likeness (QED) is 0.414. The van der Waals surface area contributed by atoms with Crippen LogP contribution in [-0.4, -0.2) is 75.0 Å². The van der Waals surface area contributed by atoms with Crippen LogP contribution in [0.1, 0.15) is 46.0 Å². The summed E-state index contributed by atoms with van der Waals surface area (Å²) in [7, 11) is -1.11. The molecule has 5 rings (SSSR count). The van der Waals surface area contributed by atoms with E-state index in [2.05, 4.69) is 48.4 Å². The Morgan fingerprint density at radius 2 is 1.80 bits per heavy atom. The van der Waals surface area contributed by atoms with Crippen LogP contribution in [0.5, 0.6) is 0 Å². The maximum atomic E-state index is 13.4. The number of fused-ring (bicyclic) bond motifs is 5. The van der Waals surface area contributed by atoms with Gasteiger partial charge in [0.2, 0.25) is 5.91 Å². The van der Waals surface area contributed by atoms with Crippen LogP contribution in [0.25, 0.3) is 10.9 Å². The molecule has 0 aliphatic carbocycles. The van der Waals surface area contributed by atoms with E-state index < -0.39 is 16.8 Å². The third-order valence-corrected chi connectivity index (χ3v) is 10.3. The predicted octanol–water partition coefficient (Wildman–Crippen LogP) is 4.79. The Kier molecular flexibility index (Phi) is 8.09. The molecule has 3 aromatic rings. The van der Waals surface area contributed by atoms with Crippen LogP contribution in [0.4, 0.5) is 5.82 Å². The zero-order chi connectivity index (χ0) is 28.7. The Hall–Kier alpha value is -2.76. The number of hydrogen-bond donors (Lipinski definition) is 3. The van der Waals surface area contributed by atoms with Gasteiger partial charge in [-0.2, -0.15) is 4.31 Å². The van der Waals surface area contributed by atoms with Gasteiger partial charge in [0.15, 0.2) is 0 Å². The third kappa shape index (κ3) is 5.69. The van der Waals surface area contributed by atoms with Crippen LogP contribution in [-0.2, 0) is 20.9 Å². The molecule has 9 nitrogen and oxygen atoms in total. The van der Waals surface area contributed by atoms with Crippen molar-refractivity contribution in [2.24, 2.45) is 5.92 Å². The van der Waals surface area contributed by atoms with Crippen LogP contribution in [0.3, 0.4) is 0 Å². The van der Waals surface area contributed by atoms with Gasteiger partial charge in [0, 0.05) is 37.6 Å². The third-order valence-electron chi connectivity index (χ3n) is 7.92. The first kappa shape index (κ1) is 28.8. The average molecular weight is 567 g/mol. The second kappa shape index (κ2) is 11.3. The summed E-state index contributed by atoms with van der Waals surface area (Å²) >= 11 is 0. The van der Waals surface area contributed by atoms with Crippen LogP contribution in [0.2, 0.25) is 0 Å². The van der Waals surface area contributed by atoms with Crippen molar-refractivity contribution in [3.63, 3.8) is 0 Å². The van der Waals surface area contributed by atoms with Gasteiger partial charge in [-0.25, -0.2) is 9.97 Å². The van der Waals surface area contributed by atoms with E-state index in [0.717, 1.165) is 15.8 Å². The molecule has 2 aliphatic rings. The first-order chi connectivity index (χ1) is 19.0. The lowest BCUT2D eigenvalue weighted by Gasteiger charge is -2.51. The molecular weight excluding hydrogens is 524 g/mol. The lowest BCUT2D eigenvalue weighted by molar-refractivity contribution is -0.123. The van der Waals surface area contributed by atoms with Gasteiger partial charge < -0.3 is 10.6 Å². The molecule has 0 radical (unpaired) electrons. The zero-order valence-corrected chi connectivity index (χ0v) is 25.2. The summed E-state index contributed by atoms with van der Waals surface area (Å²) in [5.41, 5.74) is 2.07.